The van der Waals surface area contributed by atoms with Crippen molar-refractivity contribution in [3.63, 3.8) is 0 Å². The first-order chi connectivity index (χ1) is 16.3. The third-order valence-electron chi connectivity index (χ3n) is 7.69. The maximum absolute atomic E-state index is 13.6. The summed E-state index contributed by atoms with van der Waals surface area (Å²) in [6.45, 7) is 3.09. The van der Waals surface area contributed by atoms with Gasteiger partial charge in [-0.05, 0) is 74.8 Å². The predicted octanol–water partition coefficient (Wildman–Crippen LogP) is 4.61. The van der Waals surface area contributed by atoms with Gasteiger partial charge in [-0.3, -0.25) is 4.79 Å². The maximum Gasteiger partial charge on any atom is 0.419 e. The van der Waals surface area contributed by atoms with Crippen molar-refractivity contribution in [3.05, 3.63) is 47.3 Å². The van der Waals surface area contributed by atoms with Crippen molar-refractivity contribution < 1.29 is 18.0 Å². The third-order valence-corrected chi connectivity index (χ3v) is 7.69. The minimum Gasteiger partial charge on any atom is -0.336 e. The molecule has 34 heavy (non-hydrogen) atoms. The summed E-state index contributed by atoms with van der Waals surface area (Å²) in [5.41, 5.74) is 0.541. The van der Waals surface area contributed by atoms with Gasteiger partial charge in [0.2, 0.25) is 5.95 Å². The molecule has 0 radical (unpaired) electrons. The minimum absolute atomic E-state index is 0.0152. The lowest BCUT2D eigenvalue weighted by Gasteiger charge is -2.32. The Morgan fingerprint density at radius 3 is 2.44 bits per heavy atom. The number of anilines is 2. The van der Waals surface area contributed by atoms with Gasteiger partial charge in [-0.2, -0.15) is 13.2 Å². The molecule has 1 N–H and O–H groups in total. The molecule has 2 saturated carbocycles. The van der Waals surface area contributed by atoms with Gasteiger partial charge in [-0.25, -0.2) is 9.97 Å². The highest BCUT2D eigenvalue weighted by Gasteiger charge is 2.42. The highest BCUT2D eigenvalue weighted by molar-refractivity contribution is 5.94. The van der Waals surface area contributed by atoms with Crippen LogP contribution in [0.3, 0.4) is 0 Å². The van der Waals surface area contributed by atoms with E-state index in [0.717, 1.165) is 38.5 Å². The summed E-state index contributed by atoms with van der Waals surface area (Å²) >= 11 is 0. The Bertz CT molecular complexity index is 1030. The summed E-state index contributed by atoms with van der Waals surface area (Å²) in [5.74, 6) is 1.57. The van der Waals surface area contributed by atoms with Crippen LogP contribution in [-0.4, -0.2) is 58.9 Å². The molecule has 6 nitrogen and oxygen atoms in total. The first-order valence-electron chi connectivity index (χ1n) is 12.0. The van der Waals surface area contributed by atoms with Crippen molar-refractivity contribution >= 4 is 17.5 Å². The van der Waals surface area contributed by atoms with E-state index in [1.807, 2.05) is 11.9 Å². The van der Waals surface area contributed by atoms with Crippen LogP contribution < -0.4 is 5.32 Å². The fraction of sp³-hybridized carbons (Fsp3) is 0.560. The number of halogens is 3. The van der Waals surface area contributed by atoms with E-state index < -0.39 is 11.7 Å². The molecule has 0 spiro atoms. The van der Waals surface area contributed by atoms with Crippen molar-refractivity contribution in [3.8, 4) is 0 Å². The third kappa shape index (κ3) is 4.89. The van der Waals surface area contributed by atoms with E-state index in [1.165, 1.54) is 6.42 Å². The molecular weight excluding hydrogens is 443 g/mol. The summed E-state index contributed by atoms with van der Waals surface area (Å²) in [6, 6.07) is 6.92. The average Bonchev–Trinajstić information content (AvgIpc) is 3.42. The van der Waals surface area contributed by atoms with Crippen molar-refractivity contribution in [1.29, 1.82) is 0 Å². The Balaban J connectivity index is 1.29. The van der Waals surface area contributed by atoms with Crippen molar-refractivity contribution in [2.75, 3.05) is 38.5 Å². The number of alkyl halides is 3. The number of amides is 1. The molecule has 182 valence electrons. The van der Waals surface area contributed by atoms with Crippen LogP contribution >= 0.6 is 0 Å². The van der Waals surface area contributed by atoms with Gasteiger partial charge in [0.05, 0.1) is 11.3 Å². The molecule has 5 rings (SSSR count). The number of piperazine rings is 1. The number of benzene rings is 1. The largest absolute Gasteiger partial charge is 0.419 e. The summed E-state index contributed by atoms with van der Waals surface area (Å²) in [6.07, 6.45) is 1.22. The molecule has 2 bridgehead atoms. The fourth-order valence-electron chi connectivity index (χ4n) is 5.76. The van der Waals surface area contributed by atoms with Crippen LogP contribution in [0, 0.1) is 17.8 Å². The second-order valence-corrected chi connectivity index (χ2v) is 9.99. The molecule has 3 aliphatic rings. The van der Waals surface area contributed by atoms with E-state index >= 15 is 0 Å². The maximum atomic E-state index is 13.6. The van der Waals surface area contributed by atoms with E-state index in [1.54, 1.807) is 24.3 Å². The molecule has 1 aromatic carbocycles. The molecule has 2 aliphatic carbocycles. The highest BCUT2D eigenvalue weighted by Crippen LogP contribution is 2.49. The normalized spacial score (nSPS) is 25.1. The summed E-state index contributed by atoms with van der Waals surface area (Å²) < 4.78 is 40.9. The molecule has 2 heterocycles. The van der Waals surface area contributed by atoms with E-state index in [4.69, 9.17) is 0 Å². The van der Waals surface area contributed by atoms with E-state index in [-0.39, 0.29) is 23.5 Å². The van der Waals surface area contributed by atoms with Crippen LogP contribution in [0.1, 0.15) is 47.3 Å². The van der Waals surface area contributed by atoms with Gasteiger partial charge in [0.15, 0.2) is 0 Å². The number of hydrogen-bond donors (Lipinski definition) is 1. The summed E-state index contributed by atoms with van der Waals surface area (Å²) in [5, 5.41) is 3.01. The van der Waals surface area contributed by atoms with Gasteiger partial charge in [0.25, 0.3) is 5.91 Å². The van der Waals surface area contributed by atoms with Gasteiger partial charge < -0.3 is 15.1 Å². The Kier molecular flexibility index (Phi) is 6.22. The Morgan fingerprint density at radius 2 is 1.82 bits per heavy atom. The monoisotopic (exact) mass is 473 g/mol. The van der Waals surface area contributed by atoms with Crippen molar-refractivity contribution in [2.45, 2.75) is 38.3 Å². The van der Waals surface area contributed by atoms with Gasteiger partial charge in [-0.15, -0.1) is 0 Å². The SMILES string of the molecule is CN1CCN(C(=O)c2ccc(Nc3ncc(C(F)(F)F)c(C[C@@H]4C[C@@H]5CC[C@H]4C5)n3)cc2)CC1. The van der Waals surface area contributed by atoms with Crippen LogP contribution in [0.2, 0.25) is 0 Å². The number of carbonyl (C=O) groups excluding carboxylic acids is 1. The minimum atomic E-state index is -4.48. The second-order valence-electron chi connectivity index (χ2n) is 9.99. The number of fused-ring (bicyclic) bond motifs is 2. The average molecular weight is 474 g/mol. The first-order valence-corrected chi connectivity index (χ1v) is 12.0. The Labute approximate surface area is 197 Å². The van der Waals surface area contributed by atoms with Gasteiger partial charge in [0.1, 0.15) is 0 Å². The number of hydrogen-bond acceptors (Lipinski definition) is 5. The smallest absolute Gasteiger partial charge is 0.336 e. The first kappa shape index (κ1) is 23.1. The zero-order valence-corrected chi connectivity index (χ0v) is 19.3. The number of aromatic nitrogens is 2. The fourth-order valence-corrected chi connectivity index (χ4v) is 5.76. The van der Waals surface area contributed by atoms with Crippen LogP contribution in [0.25, 0.3) is 0 Å². The van der Waals surface area contributed by atoms with Gasteiger partial charge in [0, 0.05) is 43.6 Å². The Morgan fingerprint density at radius 1 is 1.09 bits per heavy atom. The summed E-state index contributed by atoms with van der Waals surface area (Å²) in [7, 11) is 2.04. The lowest BCUT2D eigenvalue weighted by molar-refractivity contribution is -0.138. The van der Waals surface area contributed by atoms with Crippen LogP contribution in [0.15, 0.2) is 30.5 Å². The van der Waals surface area contributed by atoms with Crippen LogP contribution in [0.4, 0.5) is 24.8 Å². The molecule has 2 aromatic rings. The number of nitrogens with one attached hydrogen (secondary N) is 1. The van der Waals surface area contributed by atoms with Gasteiger partial charge >= 0.3 is 6.18 Å². The second kappa shape index (κ2) is 9.17. The molecular formula is C25H30F3N5O. The quantitative estimate of drug-likeness (QED) is 0.688. The molecule has 3 fully saturated rings. The summed E-state index contributed by atoms with van der Waals surface area (Å²) in [4.78, 5) is 25.0. The highest BCUT2D eigenvalue weighted by atomic mass is 19.4. The number of likely N-dealkylation sites (N-methyl/N-ethyl adjacent to an activating group) is 1. The topological polar surface area (TPSA) is 61.4 Å². The molecule has 1 saturated heterocycles. The predicted molar refractivity (Wildman–Crippen MR) is 123 cm³/mol. The number of rotatable bonds is 5. The zero-order chi connectivity index (χ0) is 23.9. The molecule has 0 unspecified atom stereocenters. The van der Waals surface area contributed by atoms with Crippen molar-refractivity contribution in [2.24, 2.45) is 17.8 Å². The number of carbonyl (C=O) groups is 1. The molecule has 1 aliphatic heterocycles. The van der Waals surface area contributed by atoms with E-state index in [0.29, 0.717) is 42.6 Å². The molecule has 1 amide bonds. The standard InChI is InChI=1S/C25H30F3N5O/c1-32-8-10-33(11-9-32)23(34)17-4-6-20(7-5-17)30-24-29-15-21(25(26,27)28)22(31-24)14-19-13-16-2-3-18(19)12-16/h4-7,15-16,18-19H,2-3,8-14H2,1H3,(H,29,30,31)/t16-,18+,19+/m1/s1. The van der Waals surface area contributed by atoms with Crippen molar-refractivity contribution in [1.82, 2.24) is 19.8 Å². The van der Waals surface area contributed by atoms with E-state index in [2.05, 4.69) is 20.2 Å². The Hall–Kier alpha value is -2.68. The lowest BCUT2D eigenvalue weighted by atomic mass is 9.85. The molecule has 3 atom stereocenters. The lowest BCUT2D eigenvalue weighted by Crippen LogP contribution is -2.47. The molecule has 9 heteroatoms. The molecule has 1 aromatic heterocycles. The van der Waals surface area contributed by atoms with E-state index in [9.17, 15) is 18.0 Å². The van der Waals surface area contributed by atoms with Crippen LogP contribution in [-0.2, 0) is 12.6 Å². The zero-order valence-electron chi connectivity index (χ0n) is 19.3. The van der Waals surface area contributed by atoms with Gasteiger partial charge in [-0.1, -0.05) is 6.42 Å². The van der Waals surface area contributed by atoms with Crippen LogP contribution in [0.5, 0.6) is 0 Å². The number of nitrogens with zero attached hydrogens (tertiary/aromatic N) is 4.